The molecule has 0 aliphatic carbocycles. The number of carbonyl (C=O) groups is 1. The molecule has 2 unspecified atom stereocenters. The molecule has 0 aliphatic heterocycles. The summed E-state index contributed by atoms with van der Waals surface area (Å²) in [6.45, 7) is 6.19. The van der Waals surface area contributed by atoms with Crippen molar-refractivity contribution in [1.82, 2.24) is 5.32 Å². The van der Waals surface area contributed by atoms with Crippen LogP contribution in [0.15, 0.2) is 0 Å². The highest BCUT2D eigenvalue weighted by molar-refractivity contribution is 5.81. The summed E-state index contributed by atoms with van der Waals surface area (Å²) in [5, 5.41) is 11.7. The first-order valence-corrected chi connectivity index (χ1v) is 5.25. The van der Waals surface area contributed by atoms with Crippen molar-refractivity contribution in [1.29, 1.82) is 5.26 Å². The maximum absolute atomic E-state index is 11.7. The van der Waals surface area contributed by atoms with Gasteiger partial charge >= 0.3 is 0 Å². The Morgan fingerprint density at radius 2 is 2.13 bits per heavy atom. The van der Waals surface area contributed by atoms with Crippen LogP contribution < -0.4 is 5.32 Å². The van der Waals surface area contributed by atoms with Crippen molar-refractivity contribution in [2.45, 2.75) is 33.2 Å². The lowest BCUT2D eigenvalue weighted by atomic mass is 9.96. The minimum absolute atomic E-state index is 0.00269. The van der Waals surface area contributed by atoms with Gasteiger partial charge in [-0.25, -0.2) is 0 Å². The molecule has 0 aliphatic rings. The normalized spacial score (nSPS) is 14.4. The van der Waals surface area contributed by atoms with E-state index in [1.54, 1.807) is 7.11 Å². The van der Waals surface area contributed by atoms with E-state index in [-0.39, 0.29) is 17.9 Å². The highest BCUT2D eigenvalue weighted by Crippen LogP contribution is 2.10. The molecule has 0 bridgehead atoms. The molecule has 4 heteroatoms. The average Bonchev–Trinajstić information content (AvgIpc) is 2.17. The Hall–Kier alpha value is -1.08. The Morgan fingerprint density at radius 3 is 2.47 bits per heavy atom. The Morgan fingerprint density at radius 1 is 1.53 bits per heavy atom. The molecule has 2 atom stereocenters. The average molecular weight is 212 g/mol. The van der Waals surface area contributed by atoms with E-state index < -0.39 is 5.92 Å². The number of nitriles is 1. The summed E-state index contributed by atoms with van der Waals surface area (Å²) in [6.07, 6.45) is 0.801. The molecule has 0 spiro atoms. The van der Waals surface area contributed by atoms with Crippen LogP contribution in [0.4, 0.5) is 0 Å². The molecule has 0 radical (unpaired) electrons. The van der Waals surface area contributed by atoms with Gasteiger partial charge in [0.25, 0.3) is 0 Å². The van der Waals surface area contributed by atoms with Crippen LogP contribution in [0.5, 0.6) is 0 Å². The van der Waals surface area contributed by atoms with Crippen molar-refractivity contribution >= 4 is 5.91 Å². The highest BCUT2D eigenvalue weighted by atomic mass is 16.5. The van der Waals surface area contributed by atoms with Gasteiger partial charge in [0.15, 0.2) is 0 Å². The summed E-state index contributed by atoms with van der Waals surface area (Å²) < 4.78 is 4.97. The topological polar surface area (TPSA) is 62.1 Å². The molecule has 15 heavy (non-hydrogen) atoms. The van der Waals surface area contributed by atoms with E-state index in [9.17, 15) is 4.79 Å². The van der Waals surface area contributed by atoms with Crippen molar-refractivity contribution in [2.24, 2.45) is 11.8 Å². The van der Waals surface area contributed by atoms with Gasteiger partial charge < -0.3 is 10.1 Å². The zero-order chi connectivity index (χ0) is 11.8. The number of amides is 1. The first kappa shape index (κ1) is 13.9. The minimum Gasteiger partial charge on any atom is -0.383 e. The molecule has 0 saturated carbocycles. The lowest BCUT2D eigenvalue weighted by molar-refractivity contribution is -0.125. The molecular formula is C11H20N2O2. The van der Waals surface area contributed by atoms with Gasteiger partial charge in [-0.1, -0.05) is 20.8 Å². The largest absolute Gasteiger partial charge is 0.383 e. The quantitative estimate of drug-likeness (QED) is 0.722. The zero-order valence-electron chi connectivity index (χ0n) is 9.91. The van der Waals surface area contributed by atoms with Gasteiger partial charge in [-0.05, 0) is 12.3 Å². The monoisotopic (exact) mass is 212 g/mol. The summed E-state index contributed by atoms with van der Waals surface area (Å²) in [7, 11) is 1.60. The Bertz CT molecular complexity index is 233. The van der Waals surface area contributed by atoms with Crippen LogP contribution in [0.1, 0.15) is 27.2 Å². The summed E-state index contributed by atoms with van der Waals surface area (Å²) in [5.41, 5.74) is 0. The van der Waals surface area contributed by atoms with Crippen molar-refractivity contribution in [3.8, 4) is 6.07 Å². The third-order valence-corrected chi connectivity index (χ3v) is 2.30. The van der Waals surface area contributed by atoms with Crippen molar-refractivity contribution in [2.75, 3.05) is 13.7 Å². The summed E-state index contributed by atoms with van der Waals surface area (Å²) in [4.78, 5) is 11.7. The van der Waals surface area contributed by atoms with Crippen LogP contribution >= 0.6 is 0 Å². The van der Waals surface area contributed by atoms with Crippen molar-refractivity contribution in [3.63, 3.8) is 0 Å². The molecule has 0 saturated heterocycles. The lowest BCUT2D eigenvalue weighted by Gasteiger charge is -2.19. The molecule has 0 aromatic rings. The van der Waals surface area contributed by atoms with Gasteiger partial charge in [-0.3, -0.25) is 4.79 Å². The molecule has 0 fully saturated rings. The van der Waals surface area contributed by atoms with Crippen molar-refractivity contribution < 1.29 is 9.53 Å². The van der Waals surface area contributed by atoms with Gasteiger partial charge in [0, 0.05) is 7.11 Å². The first-order chi connectivity index (χ1) is 7.06. The molecule has 4 nitrogen and oxygen atoms in total. The second-order valence-corrected chi connectivity index (χ2v) is 3.92. The van der Waals surface area contributed by atoms with Gasteiger partial charge in [0.1, 0.15) is 5.92 Å². The van der Waals surface area contributed by atoms with E-state index in [0.29, 0.717) is 6.61 Å². The Labute approximate surface area is 91.6 Å². The van der Waals surface area contributed by atoms with E-state index in [0.717, 1.165) is 6.42 Å². The summed E-state index contributed by atoms with van der Waals surface area (Å²) >= 11 is 0. The van der Waals surface area contributed by atoms with Crippen LogP contribution in [0.2, 0.25) is 0 Å². The van der Waals surface area contributed by atoms with E-state index in [4.69, 9.17) is 10.00 Å². The number of rotatable bonds is 6. The third kappa shape index (κ3) is 4.80. The molecule has 86 valence electrons. The van der Waals surface area contributed by atoms with E-state index in [1.165, 1.54) is 0 Å². The number of carbonyl (C=O) groups excluding carboxylic acids is 1. The minimum atomic E-state index is -0.573. The van der Waals surface area contributed by atoms with Gasteiger partial charge in [-0.15, -0.1) is 0 Å². The summed E-state index contributed by atoms with van der Waals surface area (Å²) in [6, 6.07) is 2.02. The van der Waals surface area contributed by atoms with Crippen LogP contribution in [-0.2, 0) is 9.53 Å². The van der Waals surface area contributed by atoms with Crippen LogP contribution in [-0.4, -0.2) is 25.7 Å². The third-order valence-electron chi connectivity index (χ3n) is 2.30. The van der Waals surface area contributed by atoms with Gasteiger partial charge in [0.2, 0.25) is 5.91 Å². The predicted molar refractivity (Wildman–Crippen MR) is 58.0 cm³/mol. The van der Waals surface area contributed by atoms with Gasteiger partial charge in [0.05, 0.1) is 18.7 Å². The standard InChI is InChI=1S/C11H20N2O2/c1-5-9(7-15-4)13-11(14)10(6-12)8(2)3/h8-10H,5,7H2,1-4H3,(H,13,14). The number of hydrogen-bond acceptors (Lipinski definition) is 3. The van der Waals surface area contributed by atoms with Crippen LogP contribution in [0.25, 0.3) is 0 Å². The Balaban J connectivity index is 4.26. The number of methoxy groups -OCH3 is 1. The molecular weight excluding hydrogens is 192 g/mol. The number of nitrogens with zero attached hydrogens (tertiary/aromatic N) is 1. The predicted octanol–water partition coefficient (Wildman–Crippen LogP) is 1.32. The van der Waals surface area contributed by atoms with Crippen LogP contribution in [0, 0.1) is 23.2 Å². The molecule has 0 heterocycles. The maximum Gasteiger partial charge on any atom is 0.237 e. The summed E-state index contributed by atoms with van der Waals surface area (Å²) in [5.74, 6) is -0.734. The fourth-order valence-electron chi connectivity index (χ4n) is 1.26. The number of nitrogens with one attached hydrogen (secondary N) is 1. The molecule has 0 aromatic carbocycles. The first-order valence-electron chi connectivity index (χ1n) is 5.25. The fraction of sp³-hybridized carbons (Fsp3) is 0.818. The smallest absolute Gasteiger partial charge is 0.237 e. The SMILES string of the molecule is CCC(COC)NC(=O)C(C#N)C(C)C. The van der Waals surface area contributed by atoms with Crippen molar-refractivity contribution in [3.05, 3.63) is 0 Å². The van der Waals surface area contributed by atoms with E-state index in [1.807, 2.05) is 26.8 Å². The second kappa shape index (κ2) is 7.24. The van der Waals surface area contributed by atoms with Crippen LogP contribution in [0.3, 0.4) is 0 Å². The van der Waals surface area contributed by atoms with E-state index >= 15 is 0 Å². The Kier molecular flexibility index (Phi) is 6.72. The molecule has 0 rings (SSSR count). The maximum atomic E-state index is 11.7. The molecule has 0 aromatic heterocycles. The molecule has 1 amide bonds. The fourth-order valence-corrected chi connectivity index (χ4v) is 1.26. The second-order valence-electron chi connectivity index (χ2n) is 3.92. The molecule has 1 N–H and O–H groups in total. The van der Waals surface area contributed by atoms with Gasteiger partial charge in [-0.2, -0.15) is 5.26 Å². The number of ether oxygens (including phenoxy) is 1. The number of hydrogen-bond donors (Lipinski definition) is 1. The zero-order valence-corrected chi connectivity index (χ0v) is 9.91. The lowest BCUT2D eigenvalue weighted by Crippen LogP contribution is -2.42. The van der Waals surface area contributed by atoms with E-state index in [2.05, 4.69) is 5.32 Å². The highest BCUT2D eigenvalue weighted by Gasteiger charge is 2.23.